The average Bonchev–Trinajstić information content (AvgIpc) is 2.81. The molecule has 0 spiro atoms. The summed E-state index contributed by atoms with van der Waals surface area (Å²) >= 11 is 0. The molecule has 1 aliphatic heterocycles. The van der Waals surface area contributed by atoms with Crippen LogP contribution in [0.1, 0.15) is 10.5 Å². The van der Waals surface area contributed by atoms with Crippen LogP contribution in [-0.4, -0.2) is 69.2 Å². The Bertz CT molecular complexity index is 1210. The maximum absolute atomic E-state index is 12.9. The lowest BCUT2D eigenvalue weighted by atomic mass is 10.2. The molecule has 31 heavy (non-hydrogen) atoms. The van der Waals surface area contributed by atoms with Crippen molar-refractivity contribution < 1.29 is 9.53 Å². The topological polar surface area (TPSA) is 89.7 Å². The zero-order chi connectivity index (χ0) is 22.0. The van der Waals surface area contributed by atoms with Gasteiger partial charge in [0.1, 0.15) is 23.7 Å². The van der Waals surface area contributed by atoms with Gasteiger partial charge in [0.15, 0.2) is 0 Å². The summed E-state index contributed by atoms with van der Waals surface area (Å²) in [5.74, 6) is 0.651. The van der Waals surface area contributed by atoms with Crippen LogP contribution in [-0.2, 0) is 14.1 Å². The molecule has 2 aromatic heterocycles. The highest BCUT2D eigenvalue weighted by Crippen LogP contribution is 2.12. The first-order valence-electron chi connectivity index (χ1n) is 10.2. The number of carbonyl (C=O) groups is 1. The van der Waals surface area contributed by atoms with Crippen molar-refractivity contribution in [2.45, 2.75) is 0 Å². The largest absolute Gasteiger partial charge is 0.492 e. The molecule has 1 aliphatic rings. The number of hydrogen-bond donors (Lipinski definition) is 0. The summed E-state index contributed by atoms with van der Waals surface area (Å²) in [6.07, 6.45) is 0. The third-order valence-corrected chi connectivity index (χ3v) is 5.60. The first-order valence-corrected chi connectivity index (χ1v) is 10.2. The zero-order valence-corrected chi connectivity index (χ0v) is 17.7. The van der Waals surface area contributed by atoms with Crippen LogP contribution in [0, 0.1) is 0 Å². The number of amides is 1. The molecule has 9 heteroatoms. The normalized spacial score (nSPS) is 14.7. The van der Waals surface area contributed by atoms with Crippen LogP contribution in [0.15, 0.2) is 52.1 Å². The van der Waals surface area contributed by atoms with Gasteiger partial charge >= 0.3 is 5.69 Å². The van der Waals surface area contributed by atoms with Gasteiger partial charge in [-0.3, -0.25) is 23.6 Å². The van der Waals surface area contributed by atoms with Crippen molar-refractivity contribution >= 4 is 16.9 Å². The maximum Gasteiger partial charge on any atom is 0.332 e. The SMILES string of the molecule is Cn1c(=O)c2ccc(C(=O)N3CCN(CCOc4ccccc4)CC3)nc2n(C)c1=O. The van der Waals surface area contributed by atoms with Gasteiger partial charge in [0, 0.05) is 46.8 Å². The summed E-state index contributed by atoms with van der Waals surface area (Å²) in [6, 6.07) is 12.8. The molecule has 1 saturated heterocycles. The van der Waals surface area contributed by atoms with E-state index in [-0.39, 0.29) is 17.2 Å². The number of para-hydroxylation sites is 1. The molecule has 1 amide bonds. The number of carbonyl (C=O) groups excluding carboxylic acids is 1. The number of nitrogens with zero attached hydrogens (tertiary/aromatic N) is 5. The molecule has 0 saturated carbocycles. The Kier molecular flexibility index (Phi) is 5.85. The summed E-state index contributed by atoms with van der Waals surface area (Å²) in [4.78, 5) is 45.8. The van der Waals surface area contributed by atoms with Crippen molar-refractivity contribution in [2.24, 2.45) is 14.1 Å². The van der Waals surface area contributed by atoms with E-state index >= 15 is 0 Å². The van der Waals surface area contributed by atoms with Crippen molar-refractivity contribution in [1.29, 1.82) is 0 Å². The predicted molar refractivity (Wildman–Crippen MR) is 117 cm³/mol. The minimum Gasteiger partial charge on any atom is -0.492 e. The Morgan fingerprint density at radius 1 is 0.968 bits per heavy atom. The molecule has 1 aromatic carbocycles. The summed E-state index contributed by atoms with van der Waals surface area (Å²) in [6.45, 7) is 4.04. The van der Waals surface area contributed by atoms with Gasteiger partial charge in [-0.05, 0) is 24.3 Å². The van der Waals surface area contributed by atoms with Crippen LogP contribution in [0.25, 0.3) is 11.0 Å². The number of aromatic nitrogens is 3. The van der Waals surface area contributed by atoms with Crippen molar-refractivity contribution in [2.75, 3.05) is 39.3 Å². The van der Waals surface area contributed by atoms with E-state index in [1.807, 2.05) is 30.3 Å². The number of benzene rings is 1. The van der Waals surface area contributed by atoms with E-state index in [9.17, 15) is 14.4 Å². The number of aryl methyl sites for hydroxylation is 1. The average molecular weight is 423 g/mol. The molecule has 0 radical (unpaired) electrons. The van der Waals surface area contributed by atoms with Crippen LogP contribution >= 0.6 is 0 Å². The molecule has 3 aromatic rings. The second-order valence-corrected chi connectivity index (χ2v) is 7.57. The number of hydrogen-bond acceptors (Lipinski definition) is 6. The van der Waals surface area contributed by atoms with E-state index < -0.39 is 11.2 Å². The van der Waals surface area contributed by atoms with Crippen LogP contribution in [0.2, 0.25) is 0 Å². The molecule has 0 atom stereocenters. The molecule has 3 heterocycles. The third kappa shape index (κ3) is 4.22. The summed E-state index contributed by atoms with van der Waals surface area (Å²) in [5.41, 5.74) is -0.441. The predicted octanol–water partition coefficient (Wildman–Crippen LogP) is 0.469. The van der Waals surface area contributed by atoms with E-state index in [0.29, 0.717) is 25.1 Å². The highest BCUT2D eigenvalue weighted by atomic mass is 16.5. The first kappa shape index (κ1) is 20.8. The zero-order valence-electron chi connectivity index (χ0n) is 17.7. The minimum absolute atomic E-state index is 0.199. The fourth-order valence-electron chi connectivity index (χ4n) is 3.72. The molecule has 162 valence electrons. The molecule has 9 nitrogen and oxygen atoms in total. The Hall–Kier alpha value is -3.46. The monoisotopic (exact) mass is 423 g/mol. The molecule has 1 fully saturated rings. The van der Waals surface area contributed by atoms with Gasteiger partial charge in [-0.2, -0.15) is 0 Å². The van der Waals surface area contributed by atoms with E-state index in [2.05, 4.69) is 9.88 Å². The number of pyridine rings is 1. The second-order valence-electron chi connectivity index (χ2n) is 7.57. The Morgan fingerprint density at radius 3 is 2.39 bits per heavy atom. The van der Waals surface area contributed by atoms with Crippen molar-refractivity contribution in [3.8, 4) is 5.75 Å². The van der Waals surface area contributed by atoms with Gasteiger partial charge in [0.25, 0.3) is 11.5 Å². The second kappa shape index (κ2) is 8.73. The smallest absolute Gasteiger partial charge is 0.332 e. The Morgan fingerprint density at radius 2 is 1.68 bits per heavy atom. The standard InChI is InChI=1S/C22H25N5O4/c1-24-19-17(20(28)25(2)22(24)30)8-9-18(23-19)21(29)27-12-10-26(11-13-27)14-15-31-16-6-4-3-5-7-16/h3-9H,10-15H2,1-2H3. The Balaban J connectivity index is 1.39. The van der Waals surface area contributed by atoms with Gasteiger partial charge in [0.05, 0.1) is 5.39 Å². The fraction of sp³-hybridized carbons (Fsp3) is 0.364. The molecule has 0 unspecified atom stereocenters. The van der Waals surface area contributed by atoms with Crippen molar-refractivity contribution in [3.63, 3.8) is 0 Å². The number of fused-ring (bicyclic) bond motifs is 1. The lowest BCUT2D eigenvalue weighted by molar-refractivity contribution is 0.0615. The van der Waals surface area contributed by atoms with E-state index in [1.165, 1.54) is 11.6 Å². The van der Waals surface area contributed by atoms with Crippen molar-refractivity contribution in [1.82, 2.24) is 23.9 Å². The quantitative estimate of drug-likeness (QED) is 0.593. The van der Waals surface area contributed by atoms with E-state index in [4.69, 9.17) is 4.74 Å². The lowest BCUT2D eigenvalue weighted by Gasteiger charge is -2.34. The fourth-order valence-corrected chi connectivity index (χ4v) is 3.72. The van der Waals surface area contributed by atoms with Crippen LogP contribution in [0.5, 0.6) is 5.75 Å². The lowest BCUT2D eigenvalue weighted by Crippen LogP contribution is -2.49. The van der Waals surface area contributed by atoms with Gasteiger partial charge in [-0.1, -0.05) is 18.2 Å². The molecule has 0 N–H and O–H groups in total. The van der Waals surface area contributed by atoms with Crippen molar-refractivity contribution in [3.05, 3.63) is 69.0 Å². The van der Waals surface area contributed by atoms with Crippen LogP contribution in [0.4, 0.5) is 0 Å². The van der Waals surface area contributed by atoms with Gasteiger partial charge in [-0.25, -0.2) is 9.78 Å². The molecule has 0 aliphatic carbocycles. The number of rotatable bonds is 5. The van der Waals surface area contributed by atoms with E-state index in [0.717, 1.165) is 30.0 Å². The van der Waals surface area contributed by atoms with Gasteiger partial charge in [-0.15, -0.1) is 0 Å². The molecular weight excluding hydrogens is 398 g/mol. The summed E-state index contributed by atoms with van der Waals surface area (Å²) < 4.78 is 8.07. The van der Waals surface area contributed by atoms with Crippen LogP contribution < -0.4 is 16.0 Å². The highest BCUT2D eigenvalue weighted by Gasteiger charge is 2.23. The third-order valence-electron chi connectivity index (χ3n) is 5.60. The van der Waals surface area contributed by atoms with Gasteiger partial charge < -0.3 is 9.64 Å². The Labute approximate surface area is 179 Å². The minimum atomic E-state index is -0.471. The van der Waals surface area contributed by atoms with E-state index in [1.54, 1.807) is 24.1 Å². The molecular formula is C22H25N5O4. The number of piperazine rings is 1. The van der Waals surface area contributed by atoms with Crippen LogP contribution in [0.3, 0.4) is 0 Å². The summed E-state index contributed by atoms with van der Waals surface area (Å²) in [5, 5.41) is 0.310. The molecule has 4 rings (SSSR count). The highest BCUT2D eigenvalue weighted by molar-refractivity contribution is 5.94. The first-order chi connectivity index (χ1) is 15.0. The van der Waals surface area contributed by atoms with Gasteiger partial charge in [0.2, 0.25) is 0 Å². The molecule has 0 bridgehead atoms. The number of ether oxygens (including phenoxy) is 1. The maximum atomic E-state index is 12.9. The summed E-state index contributed by atoms with van der Waals surface area (Å²) in [7, 11) is 2.97.